The van der Waals surface area contributed by atoms with Crippen LogP contribution in [0, 0.1) is 0 Å². The first-order chi connectivity index (χ1) is 11.5. The van der Waals surface area contributed by atoms with E-state index in [9.17, 15) is 8.42 Å². The van der Waals surface area contributed by atoms with Crippen LogP contribution >= 0.6 is 0 Å². The predicted molar refractivity (Wildman–Crippen MR) is 89.0 cm³/mol. The molecule has 1 aliphatic heterocycles. The fourth-order valence-corrected chi connectivity index (χ4v) is 3.45. The highest BCUT2D eigenvalue weighted by molar-refractivity contribution is 7.88. The van der Waals surface area contributed by atoms with Crippen LogP contribution in [0.2, 0.25) is 0 Å². The van der Waals surface area contributed by atoms with Crippen LogP contribution in [-0.2, 0) is 23.1 Å². The van der Waals surface area contributed by atoms with Gasteiger partial charge < -0.3 is 4.74 Å². The van der Waals surface area contributed by atoms with Crippen molar-refractivity contribution in [3.63, 3.8) is 0 Å². The van der Waals surface area contributed by atoms with Gasteiger partial charge in [0.2, 0.25) is 15.9 Å². The number of pyridine rings is 1. The Labute approximate surface area is 141 Å². The summed E-state index contributed by atoms with van der Waals surface area (Å²) in [5, 5.41) is 4.33. The third-order valence-electron chi connectivity index (χ3n) is 3.97. The lowest BCUT2D eigenvalue weighted by Gasteiger charge is -2.34. The fourth-order valence-electron chi connectivity index (χ4n) is 2.95. The van der Waals surface area contributed by atoms with Crippen molar-refractivity contribution in [3.05, 3.63) is 41.9 Å². The lowest BCUT2D eigenvalue weighted by atomic mass is 10.1. The van der Waals surface area contributed by atoms with Gasteiger partial charge in [-0.3, -0.25) is 9.58 Å². The van der Waals surface area contributed by atoms with E-state index in [2.05, 4.69) is 19.7 Å². The molecule has 1 atom stereocenters. The maximum atomic E-state index is 11.4. The highest BCUT2D eigenvalue weighted by atomic mass is 32.2. The molecule has 0 aliphatic carbocycles. The van der Waals surface area contributed by atoms with Crippen LogP contribution in [0.25, 0.3) is 0 Å². The number of fused-ring (bicyclic) bond motifs is 1. The summed E-state index contributed by atoms with van der Waals surface area (Å²) in [6, 6.07) is 5.78. The lowest BCUT2D eigenvalue weighted by molar-refractivity contribution is 0.166. The summed E-state index contributed by atoms with van der Waals surface area (Å²) in [4.78, 5) is 6.47. The minimum absolute atomic E-state index is 0.0545. The molecule has 1 N–H and O–H groups in total. The Bertz CT molecular complexity index is 805. The summed E-state index contributed by atoms with van der Waals surface area (Å²) in [7, 11) is -1.63. The van der Waals surface area contributed by atoms with Gasteiger partial charge in [0, 0.05) is 44.1 Å². The molecule has 24 heavy (non-hydrogen) atoms. The Morgan fingerprint density at radius 3 is 2.96 bits per heavy atom. The van der Waals surface area contributed by atoms with Crippen molar-refractivity contribution < 1.29 is 13.2 Å². The molecule has 3 rings (SSSR count). The molecule has 0 aromatic carbocycles. The number of ether oxygens (including phenoxy) is 1. The smallest absolute Gasteiger partial charge is 0.217 e. The first-order valence-electron chi connectivity index (χ1n) is 7.63. The summed E-state index contributed by atoms with van der Waals surface area (Å²) in [6.45, 7) is 2.43. The van der Waals surface area contributed by atoms with Crippen LogP contribution in [0.5, 0.6) is 5.88 Å². The lowest BCUT2D eigenvalue weighted by Crippen LogP contribution is -2.42. The zero-order valence-electron chi connectivity index (χ0n) is 13.7. The van der Waals surface area contributed by atoms with E-state index in [0.29, 0.717) is 25.5 Å². The number of methoxy groups -OCH3 is 1. The van der Waals surface area contributed by atoms with Crippen LogP contribution in [0.1, 0.15) is 17.3 Å². The van der Waals surface area contributed by atoms with Gasteiger partial charge in [-0.25, -0.2) is 18.1 Å². The standard InChI is InChI=1S/C15H21N5O3S/c1-23-15-12(4-3-6-16-15)9-19-10-13-5-7-17-20(13)14(11-19)8-18-24(2,21)22/h3-7,14,18H,8-11H2,1-2H3. The van der Waals surface area contributed by atoms with E-state index in [-0.39, 0.29) is 6.04 Å². The van der Waals surface area contributed by atoms with Crippen LogP contribution < -0.4 is 9.46 Å². The second-order valence-electron chi connectivity index (χ2n) is 5.88. The second kappa shape index (κ2) is 6.88. The molecule has 0 saturated heterocycles. The quantitative estimate of drug-likeness (QED) is 0.810. The zero-order valence-corrected chi connectivity index (χ0v) is 14.5. The highest BCUT2D eigenvalue weighted by Crippen LogP contribution is 2.24. The summed E-state index contributed by atoms with van der Waals surface area (Å²) in [5.74, 6) is 0.613. The summed E-state index contributed by atoms with van der Waals surface area (Å²) in [6.07, 6.45) is 4.61. The molecule has 0 amide bonds. The highest BCUT2D eigenvalue weighted by Gasteiger charge is 2.26. The fraction of sp³-hybridized carbons (Fsp3) is 0.467. The summed E-state index contributed by atoms with van der Waals surface area (Å²) < 4.78 is 32.6. The molecule has 130 valence electrons. The van der Waals surface area contributed by atoms with Crippen molar-refractivity contribution in [1.29, 1.82) is 0 Å². The van der Waals surface area contributed by atoms with E-state index < -0.39 is 10.0 Å². The molecule has 0 radical (unpaired) electrons. The number of aromatic nitrogens is 3. The molecule has 3 heterocycles. The third kappa shape index (κ3) is 3.92. The number of hydrogen-bond acceptors (Lipinski definition) is 6. The van der Waals surface area contributed by atoms with E-state index in [1.165, 1.54) is 0 Å². The van der Waals surface area contributed by atoms with Gasteiger partial charge in [-0.2, -0.15) is 5.10 Å². The van der Waals surface area contributed by atoms with Gasteiger partial charge in [-0.1, -0.05) is 6.07 Å². The van der Waals surface area contributed by atoms with E-state index in [0.717, 1.165) is 24.1 Å². The van der Waals surface area contributed by atoms with E-state index in [1.54, 1.807) is 19.5 Å². The molecular weight excluding hydrogens is 330 g/mol. The number of rotatable bonds is 6. The molecular formula is C15H21N5O3S. The van der Waals surface area contributed by atoms with Crippen LogP contribution in [0.4, 0.5) is 0 Å². The first kappa shape index (κ1) is 16.9. The summed E-state index contributed by atoms with van der Waals surface area (Å²) >= 11 is 0. The van der Waals surface area contributed by atoms with Gasteiger partial charge >= 0.3 is 0 Å². The Morgan fingerprint density at radius 1 is 1.38 bits per heavy atom. The van der Waals surface area contributed by atoms with E-state index in [1.807, 2.05) is 22.9 Å². The van der Waals surface area contributed by atoms with E-state index in [4.69, 9.17) is 4.74 Å². The van der Waals surface area contributed by atoms with Crippen molar-refractivity contribution in [2.45, 2.75) is 19.1 Å². The number of nitrogens with zero attached hydrogens (tertiary/aromatic N) is 4. The Hall–Kier alpha value is -1.97. The van der Waals surface area contributed by atoms with Gasteiger partial charge in [0.15, 0.2) is 0 Å². The van der Waals surface area contributed by atoms with Crippen LogP contribution in [0.3, 0.4) is 0 Å². The molecule has 1 aliphatic rings. The maximum Gasteiger partial charge on any atom is 0.217 e. The Balaban J connectivity index is 1.77. The molecule has 8 nitrogen and oxygen atoms in total. The molecule has 0 spiro atoms. The van der Waals surface area contributed by atoms with Crippen LogP contribution in [-0.4, -0.2) is 54.5 Å². The van der Waals surface area contributed by atoms with Crippen molar-refractivity contribution in [2.24, 2.45) is 0 Å². The average molecular weight is 351 g/mol. The Kier molecular flexibility index (Phi) is 4.83. The number of hydrogen-bond donors (Lipinski definition) is 1. The van der Waals surface area contributed by atoms with Gasteiger partial charge in [0.1, 0.15) is 0 Å². The van der Waals surface area contributed by atoms with Crippen molar-refractivity contribution >= 4 is 10.0 Å². The molecule has 2 aromatic rings. The predicted octanol–water partition coefficient (Wildman–Crippen LogP) is 0.393. The minimum atomic E-state index is -3.24. The van der Waals surface area contributed by atoms with Gasteiger partial charge in [-0.15, -0.1) is 0 Å². The Morgan fingerprint density at radius 2 is 2.21 bits per heavy atom. The van der Waals surface area contributed by atoms with Gasteiger partial charge in [0.25, 0.3) is 0 Å². The molecule has 2 aromatic heterocycles. The first-order valence-corrected chi connectivity index (χ1v) is 9.52. The largest absolute Gasteiger partial charge is 0.481 e. The van der Waals surface area contributed by atoms with Crippen molar-refractivity contribution in [3.8, 4) is 5.88 Å². The monoisotopic (exact) mass is 351 g/mol. The van der Waals surface area contributed by atoms with E-state index >= 15 is 0 Å². The third-order valence-corrected chi connectivity index (χ3v) is 4.66. The molecule has 1 unspecified atom stereocenters. The molecule has 9 heteroatoms. The second-order valence-corrected chi connectivity index (χ2v) is 7.72. The normalized spacial score (nSPS) is 18.3. The minimum Gasteiger partial charge on any atom is -0.481 e. The maximum absolute atomic E-state index is 11.4. The number of sulfonamides is 1. The average Bonchev–Trinajstić information content (AvgIpc) is 3.01. The summed E-state index contributed by atoms with van der Waals surface area (Å²) in [5.41, 5.74) is 2.06. The molecule has 0 bridgehead atoms. The zero-order chi connectivity index (χ0) is 17.2. The molecule has 0 saturated carbocycles. The molecule has 0 fully saturated rings. The van der Waals surface area contributed by atoms with Gasteiger partial charge in [0.05, 0.1) is 25.1 Å². The van der Waals surface area contributed by atoms with Crippen molar-refractivity contribution in [2.75, 3.05) is 26.5 Å². The van der Waals surface area contributed by atoms with Crippen LogP contribution in [0.15, 0.2) is 30.6 Å². The van der Waals surface area contributed by atoms with Crippen molar-refractivity contribution in [1.82, 2.24) is 24.4 Å². The SMILES string of the molecule is COc1ncccc1CN1Cc2ccnn2C(CNS(C)(=O)=O)C1. The number of nitrogens with one attached hydrogen (secondary N) is 1. The topological polar surface area (TPSA) is 89.3 Å². The van der Waals surface area contributed by atoms with Gasteiger partial charge in [-0.05, 0) is 12.1 Å².